The highest BCUT2D eigenvalue weighted by atomic mass is 32.2. The average Bonchev–Trinajstić information content (AvgIpc) is 3.25. The normalized spacial score (nSPS) is 18.4. The Balaban J connectivity index is 1.75. The number of carbonyl (C=O) groups is 5. The van der Waals surface area contributed by atoms with Crippen LogP contribution >= 0.6 is 11.8 Å². The van der Waals surface area contributed by atoms with Crippen LogP contribution < -0.4 is 16.4 Å². The van der Waals surface area contributed by atoms with Gasteiger partial charge in [0.1, 0.15) is 18.7 Å². The number of primary amides is 1. The molecule has 0 saturated carbocycles. The third-order valence-corrected chi connectivity index (χ3v) is 6.85. The molecule has 3 atom stereocenters. The number of aliphatic hydroxyl groups excluding tert-OH is 1. The highest BCUT2D eigenvalue weighted by Gasteiger charge is 2.38. The highest BCUT2D eigenvalue weighted by molar-refractivity contribution is 8.00. The lowest BCUT2D eigenvalue weighted by Gasteiger charge is -2.39. The van der Waals surface area contributed by atoms with Crippen LogP contribution in [0.1, 0.15) is 18.4 Å². The lowest BCUT2D eigenvalue weighted by Crippen LogP contribution is -2.60. The van der Waals surface area contributed by atoms with Gasteiger partial charge in [0.15, 0.2) is 0 Å². The number of carbonyl (C=O) groups excluding carboxylic acids is 4. The smallest absolute Gasteiger partial charge is 0.313 e. The van der Waals surface area contributed by atoms with Crippen molar-refractivity contribution in [1.29, 1.82) is 0 Å². The number of carboxylic acids is 1. The number of fused-ring (bicyclic) bond motifs is 1. The van der Waals surface area contributed by atoms with Crippen LogP contribution in [0.3, 0.4) is 0 Å². The van der Waals surface area contributed by atoms with Gasteiger partial charge in [-0.2, -0.15) is 0 Å². The number of nitrogens with one attached hydrogen (secondary N) is 3. The van der Waals surface area contributed by atoms with Gasteiger partial charge in [-0.3, -0.25) is 24.0 Å². The van der Waals surface area contributed by atoms with Crippen LogP contribution in [-0.2, 0) is 30.4 Å². The van der Waals surface area contributed by atoms with E-state index in [9.17, 15) is 24.0 Å². The van der Waals surface area contributed by atoms with Crippen LogP contribution in [0.2, 0.25) is 0 Å². The minimum absolute atomic E-state index is 0.0610. The molecular weight excluding hydrogens is 490 g/mol. The van der Waals surface area contributed by atoms with Gasteiger partial charge in [-0.15, -0.1) is 11.8 Å². The fourth-order valence-electron chi connectivity index (χ4n) is 4.24. The summed E-state index contributed by atoms with van der Waals surface area (Å²) in [6.07, 6.45) is 2.28. The summed E-state index contributed by atoms with van der Waals surface area (Å²) in [5.74, 6) is -3.86. The first-order valence-electron chi connectivity index (χ1n) is 11.3. The number of likely N-dealkylation sites (tertiary alicyclic amines) is 1. The van der Waals surface area contributed by atoms with E-state index in [0.29, 0.717) is 6.42 Å². The number of carboxylic acid groups (broad SMARTS) is 1. The second-order valence-corrected chi connectivity index (χ2v) is 9.45. The number of hydrogen-bond acceptors (Lipinski definition) is 7. The number of hydrogen-bond donors (Lipinski definition) is 6. The van der Waals surface area contributed by atoms with E-state index in [1.54, 1.807) is 6.20 Å². The van der Waals surface area contributed by atoms with Crippen LogP contribution in [0, 0.1) is 0 Å². The molecule has 36 heavy (non-hydrogen) atoms. The molecule has 2 aromatic rings. The summed E-state index contributed by atoms with van der Waals surface area (Å²) in [6.45, 7) is -0.583. The summed E-state index contributed by atoms with van der Waals surface area (Å²) in [6, 6.07) is 4.93. The van der Waals surface area contributed by atoms with Gasteiger partial charge < -0.3 is 36.5 Å². The number of aliphatic hydroxyl groups is 1. The number of nitrogens with two attached hydrogens (primary N) is 1. The second-order valence-electron chi connectivity index (χ2n) is 8.46. The predicted molar refractivity (Wildman–Crippen MR) is 132 cm³/mol. The molecule has 1 fully saturated rings. The van der Waals surface area contributed by atoms with Gasteiger partial charge in [0.05, 0.1) is 11.5 Å². The molecule has 4 amide bonds. The standard InChI is InChI=1S/C23H29N5O7S/c24-22(34)17(7-13-9-25-16-4-2-1-3-15(13)16)27-23(35)18-8-14(26-19(30)10-29)5-6-28(18)20(31)11-36-12-21(32)33/h1-4,9,14,17-18,25,29H,5-8,10-12H2,(H2,24,34)(H,26,30)(H,27,35)(H,32,33)/t14-,17+,18-/m0/s1. The number of nitrogens with zero attached hydrogens (tertiary/aromatic N) is 1. The van der Waals surface area contributed by atoms with E-state index in [1.807, 2.05) is 24.3 Å². The topological polar surface area (TPSA) is 195 Å². The number of aromatic nitrogens is 1. The largest absolute Gasteiger partial charge is 0.481 e. The summed E-state index contributed by atoms with van der Waals surface area (Å²) >= 11 is 0.912. The van der Waals surface area contributed by atoms with Crippen molar-refractivity contribution < 1.29 is 34.2 Å². The Hall–Kier alpha value is -3.58. The number of thioether (sulfide) groups is 1. The molecule has 194 valence electrons. The van der Waals surface area contributed by atoms with Gasteiger partial charge in [-0.05, 0) is 24.5 Å². The molecular formula is C23H29N5O7S. The number of amides is 4. The molecule has 12 nitrogen and oxygen atoms in total. The lowest BCUT2D eigenvalue weighted by atomic mass is 9.95. The van der Waals surface area contributed by atoms with Crippen LogP contribution in [0.5, 0.6) is 0 Å². The Labute approximate surface area is 211 Å². The van der Waals surface area contributed by atoms with E-state index in [1.165, 1.54) is 4.90 Å². The van der Waals surface area contributed by atoms with E-state index < -0.39 is 54.3 Å². The van der Waals surface area contributed by atoms with Crippen molar-refractivity contribution in [3.8, 4) is 0 Å². The fraction of sp³-hybridized carbons (Fsp3) is 0.435. The van der Waals surface area contributed by atoms with Gasteiger partial charge in [-0.25, -0.2) is 0 Å². The van der Waals surface area contributed by atoms with Gasteiger partial charge in [0, 0.05) is 36.1 Å². The first-order valence-corrected chi connectivity index (χ1v) is 12.5. The molecule has 1 saturated heterocycles. The molecule has 2 heterocycles. The number of benzene rings is 1. The third-order valence-electron chi connectivity index (χ3n) is 5.94. The zero-order chi connectivity index (χ0) is 26.2. The molecule has 3 rings (SSSR count). The van der Waals surface area contributed by atoms with Crippen molar-refractivity contribution in [1.82, 2.24) is 20.5 Å². The van der Waals surface area contributed by atoms with E-state index in [-0.39, 0.29) is 30.9 Å². The van der Waals surface area contributed by atoms with Crippen molar-refractivity contribution >= 4 is 52.3 Å². The number of para-hydroxylation sites is 1. The van der Waals surface area contributed by atoms with E-state index >= 15 is 0 Å². The maximum atomic E-state index is 13.3. The Kier molecular flexibility index (Phi) is 9.31. The quantitative estimate of drug-likeness (QED) is 0.217. The molecule has 7 N–H and O–H groups in total. The number of piperidine rings is 1. The Morgan fingerprint density at radius 1 is 1.19 bits per heavy atom. The maximum Gasteiger partial charge on any atom is 0.313 e. The third kappa shape index (κ3) is 6.98. The summed E-state index contributed by atoms with van der Waals surface area (Å²) in [7, 11) is 0. The van der Waals surface area contributed by atoms with Gasteiger partial charge in [0.25, 0.3) is 0 Å². The van der Waals surface area contributed by atoms with Crippen molar-refractivity contribution in [3.05, 3.63) is 36.0 Å². The maximum absolute atomic E-state index is 13.3. The first-order chi connectivity index (χ1) is 17.2. The van der Waals surface area contributed by atoms with Crippen molar-refractivity contribution in [3.63, 3.8) is 0 Å². The second kappa shape index (κ2) is 12.4. The minimum atomic E-state index is -1.06. The van der Waals surface area contributed by atoms with E-state index in [4.69, 9.17) is 15.9 Å². The van der Waals surface area contributed by atoms with Gasteiger partial charge >= 0.3 is 5.97 Å². The Bertz CT molecular complexity index is 1140. The SMILES string of the molecule is NC(=O)[C@@H](Cc1c[nH]c2ccccc12)NC(=O)[C@@H]1C[C@@H](NC(=O)CO)CCN1C(=O)CSCC(=O)O. The number of H-pyrrole nitrogens is 1. The van der Waals surface area contributed by atoms with E-state index in [2.05, 4.69) is 15.6 Å². The molecule has 1 aromatic carbocycles. The highest BCUT2D eigenvalue weighted by Crippen LogP contribution is 2.22. The monoisotopic (exact) mass is 519 g/mol. The van der Waals surface area contributed by atoms with Crippen LogP contribution in [-0.4, -0.2) is 92.5 Å². The summed E-state index contributed by atoms with van der Waals surface area (Å²) in [5, 5.41) is 24.0. The Morgan fingerprint density at radius 2 is 1.94 bits per heavy atom. The zero-order valence-corrected chi connectivity index (χ0v) is 20.3. The lowest BCUT2D eigenvalue weighted by molar-refractivity contribution is -0.142. The molecule has 0 radical (unpaired) electrons. The molecule has 0 spiro atoms. The molecule has 0 aliphatic carbocycles. The molecule has 1 aliphatic heterocycles. The Morgan fingerprint density at radius 3 is 2.64 bits per heavy atom. The fourth-order valence-corrected chi connectivity index (χ4v) is 4.85. The van der Waals surface area contributed by atoms with Gasteiger partial charge in [0.2, 0.25) is 23.6 Å². The summed E-state index contributed by atoms with van der Waals surface area (Å²) in [4.78, 5) is 65.2. The van der Waals surface area contributed by atoms with Crippen LogP contribution in [0.15, 0.2) is 30.5 Å². The van der Waals surface area contributed by atoms with E-state index in [0.717, 1.165) is 28.2 Å². The zero-order valence-electron chi connectivity index (χ0n) is 19.4. The van der Waals surface area contributed by atoms with Crippen molar-refractivity contribution in [2.45, 2.75) is 37.4 Å². The molecule has 1 aromatic heterocycles. The molecule has 0 unspecified atom stereocenters. The molecule has 1 aliphatic rings. The van der Waals surface area contributed by atoms with Crippen molar-refractivity contribution in [2.24, 2.45) is 5.73 Å². The predicted octanol–water partition coefficient (Wildman–Crippen LogP) is -1.03. The van der Waals surface area contributed by atoms with Gasteiger partial charge in [-0.1, -0.05) is 18.2 Å². The van der Waals surface area contributed by atoms with Crippen LogP contribution in [0.4, 0.5) is 0 Å². The summed E-state index contributed by atoms with van der Waals surface area (Å²) in [5.41, 5.74) is 7.24. The summed E-state index contributed by atoms with van der Waals surface area (Å²) < 4.78 is 0. The minimum Gasteiger partial charge on any atom is -0.481 e. The number of aliphatic carboxylic acids is 1. The van der Waals surface area contributed by atoms with Crippen LogP contribution in [0.25, 0.3) is 10.9 Å². The van der Waals surface area contributed by atoms with Crippen molar-refractivity contribution in [2.75, 3.05) is 24.7 Å². The molecule has 0 bridgehead atoms. The molecule has 13 heteroatoms. The number of rotatable bonds is 11. The number of aromatic amines is 1. The average molecular weight is 520 g/mol. The first kappa shape index (κ1) is 27.0.